The maximum Gasteiger partial charge on any atom is 0.308 e. The molecule has 32 heavy (non-hydrogen) atoms. The first kappa shape index (κ1) is 25.8. The number of likely N-dealkylation sites (tertiary alicyclic amines) is 1. The van der Waals surface area contributed by atoms with Crippen LogP contribution in [0.2, 0.25) is 5.02 Å². The van der Waals surface area contributed by atoms with Crippen molar-refractivity contribution in [3.63, 3.8) is 0 Å². The molecule has 0 bridgehead atoms. The molecule has 0 saturated carbocycles. The third-order valence-corrected chi connectivity index (χ3v) is 7.29. The Labute approximate surface area is 191 Å². The number of halogens is 1. The molecule has 0 spiro atoms. The van der Waals surface area contributed by atoms with Gasteiger partial charge in [-0.3, -0.25) is 24.1 Å². The number of nitrogens with one attached hydrogen (secondary N) is 1. The van der Waals surface area contributed by atoms with Crippen LogP contribution in [0.5, 0.6) is 0 Å². The fourth-order valence-electron chi connectivity index (χ4n) is 3.09. The number of ether oxygens (including phenoxy) is 1. The lowest BCUT2D eigenvalue weighted by Gasteiger charge is -2.20. The van der Waals surface area contributed by atoms with Crippen LogP contribution in [-0.4, -0.2) is 67.1 Å². The number of imide groups is 1. The van der Waals surface area contributed by atoms with Crippen LogP contribution in [0.15, 0.2) is 23.1 Å². The van der Waals surface area contributed by atoms with Crippen LogP contribution in [-0.2, 0) is 33.9 Å². The first-order valence-corrected chi connectivity index (χ1v) is 12.0. The van der Waals surface area contributed by atoms with Gasteiger partial charge >= 0.3 is 5.97 Å². The van der Waals surface area contributed by atoms with Crippen molar-refractivity contribution >= 4 is 51.0 Å². The van der Waals surface area contributed by atoms with Gasteiger partial charge in [-0.25, -0.2) is 8.42 Å². The second kappa shape index (κ2) is 10.9. The summed E-state index contributed by atoms with van der Waals surface area (Å²) in [6.45, 7) is 5.22. The molecule has 0 radical (unpaired) electrons. The number of nitrogens with zero attached hydrogens (tertiary/aromatic N) is 2. The van der Waals surface area contributed by atoms with E-state index in [4.69, 9.17) is 16.3 Å². The molecule has 3 amide bonds. The number of esters is 1. The maximum atomic E-state index is 12.7. The topological polar surface area (TPSA) is 130 Å². The summed E-state index contributed by atoms with van der Waals surface area (Å²) in [4.78, 5) is 48.6. The molecule has 1 aromatic carbocycles. The van der Waals surface area contributed by atoms with Gasteiger partial charge in [-0.15, -0.1) is 0 Å². The van der Waals surface area contributed by atoms with E-state index in [1.807, 2.05) is 0 Å². The molecular weight excluding hydrogens is 462 g/mol. The van der Waals surface area contributed by atoms with Gasteiger partial charge in [0.1, 0.15) is 0 Å². The van der Waals surface area contributed by atoms with Crippen LogP contribution in [0.1, 0.15) is 40.0 Å². The minimum atomic E-state index is -3.76. The van der Waals surface area contributed by atoms with Gasteiger partial charge < -0.3 is 10.1 Å². The Balaban J connectivity index is 2.01. The summed E-state index contributed by atoms with van der Waals surface area (Å²) in [6, 6.07) is 3.94. The SMILES string of the molecule is CCN(CC)S(=O)(=O)c1ccc(Cl)c(NC(=O)C(C)OC(=O)CCN2C(=O)CCC2=O)c1. The molecule has 1 atom stereocenters. The van der Waals surface area contributed by atoms with E-state index in [2.05, 4.69) is 5.32 Å². The number of carbonyl (C=O) groups is 4. The number of carbonyl (C=O) groups excluding carboxylic acids is 4. The zero-order chi connectivity index (χ0) is 24.1. The molecule has 2 rings (SSSR count). The Morgan fingerprint density at radius 3 is 2.34 bits per heavy atom. The Kier molecular flexibility index (Phi) is 8.76. The number of hydrogen-bond donors (Lipinski definition) is 1. The van der Waals surface area contributed by atoms with Gasteiger partial charge in [0.15, 0.2) is 6.10 Å². The number of sulfonamides is 1. The normalized spacial score (nSPS) is 15.2. The quantitative estimate of drug-likeness (QED) is 0.393. The maximum absolute atomic E-state index is 12.7. The Hall–Kier alpha value is -2.50. The number of benzene rings is 1. The summed E-state index contributed by atoms with van der Waals surface area (Å²) in [5.74, 6) is -2.17. The number of hydrogen-bond acceptors (Lipinski definition) is 7. The average Bonchev–Trinajstić information content (AvgIpc) is 3.05. The van der Waals surface area contributed by atoms with Crippen molar-refractivity contribution in [1.82, 2.24) is 9.21 Å². The van der Waals surface area contributed by atoms with Gasteiger partial charge in [0, 0.05) is 32.5 Å². The standard InChI is InChI=1S/C20H26ClN3O7S/c1-4-23(5-2)32(29,30)14-6-7-15(21)16(12-14)22-20(28)13(3)31-19(27)10-11-24-17(25)8-9-18(24)26/h6-7,12-13H,4-5,8-11H2,1-3H3,(H,22,28). The van der Waals surface area contributed by atoms with Gasteiger partial charge in [0.05, 0.1) is 22.0 Å². The van der Waals surface area contributed by atoms with Gasteiger partial charge in [0.2, 0.25) is 21.8 Å². The third kappa shape index (κ3) is 6.05. The highest BCUT2D eigenvalue weighted by Gasteiger charge is 2.29. The van der Waals surface area contributed by atoms with Gasteiger partial charge in [-0.05, 0) is 25.1 Å². The number of rotatable bonds is 10. The van der Waals surface area contributed by atoms with Crippen LogP contribution >= 0.6 is 11.6 Å². The summed E-state index contributed by atoms with van der Waals surface area (Å²) in [7, 11) is -3.76. The first-order chi connectivity index (χ1) is 15.0. The van der Waals surface area contributed by atoms with E-state index in [9.17, 15) is 27.6 Å². The Morgan fingerprint density at radius 1 is 1.19 bits per heavy atom. The number of amides is 3. The molecule has 1 fully saturated rings. The van der Waals surface area contributed by atoms with Crippen molar-refractivity contribution in [1.29, 1.82) is 0 Å². The summed E-state index contributed by atoms with van der Waals surface area (Å²) in [6.07, 6.45) is -1.22. The molecule has 1 aliphatic heterocycles. The summed E-state index contributed by atoms with van der Waals surface area (Å²) in [5.41, 5.74) is 0.0565. The van der Waals surface area contributed by atoms with Crippen LogP contribution in [0.3, 0.4) is 0 Å². The fraction of sp³-hybridized carbons (Fsp3) is 0.500. The zero-order valence-electron chi connectivity index (χ0n) is 18.1. The molecule has 10 nitrogen and oxygen atoms in total. The highest BCUT2D eigenvalue weighted by atomic mass is 35.5. The second-order valence-corrected chi connectivity index (χ2v) is 9.39. The van der Waals surface area contributed by atoms with Crippen LogP contribution in [0.4, 0.5) is 5.69 Å². The number of anilines is 1. The lowest BCUT2D eigenvalue weighted by Crippen LogP contribution is -2.34. The second-order valence-electron chi connectivity index (χ2n) is 7.04. The minimum Gasteiger partial charge on any atom is -0.452 e. The summed E-state index contributed by atoms with van der Waals surface area (Å²) in [5, 5.41) is 2.58. The van der Waals surface area contributed by atoms with E-state index in [1.165, 1.54) is 29.4 Å². The summed E-state index contributed by atoms with van der Waals surface area (Å²) >= 11 is 6.10. The first-order valence-electron chi connectivity index (χ1n) is 10.1. The predicted molar refractivity (Wildman–Crippen MR) is 116 cm³/mol. The van der Waals surface area contributed by atoms with Gasteiger partial charge in [0.25, 0.3) is 5.91 Å². The molecule has 1 unspecified atom stereocenters. The largest absolute Gasteiger partial charge is 0.452 e. The molecule has 1 aliphatic rings. The van der Waals surface area contributed by atoms with Gasteiger partial charge in [-0.2, -0.15) is 4.31 Å². The lowest BCUT2D eigenvalue weighted by atomic mass is 10.3. The van der Waals surface area contributed by atoms with Crippen LogP contribution < -0.4 is 5.32 Å². The molecule has 1 saturated heterocycles. The van der Waals surface area contributed by atoms with E-state index in [0.717, 1.165) is 4.90 Å². The highest BCUT2D eigenvalue weighted by Crippen LogP contribution is 2.27. The molecule has 1 N–H and O–H groups in total. The predicted octanol–water partition coefficient (Wildman–Crippen LogP) is 1.78. The Morgan fingerprint density at radius 2 is 1.78 bits per heavy atom. The van der Waals surface area contributed by atoms with Crippen molar-refractivity contribution in [2.75, 3.05) is 25.0 Å². The van der Waals surface area contributed by atoms with E-state index < -0.39 is 28.0 Å². The molecular formula is C20H26ClN3O7S. The van der Waals surface area contributed by atoms with E-state index in [-0.39, 0.29) is 66.3 Å². The lowest BCUT2D eigenvalue weighted by molar-refractivity contribution is -0.154. The van der Waals surface area contributed by atoms with Gasteiger partial charge in [-0.1, -0.05) is 25.4 Å². The van der Waals surface area contributed by atoms with E-state index in [1.54, 1.807) is 13.8 Å². The minimum absolute atomic E-state index is 0.0366. The Bertz CT molecular complexity index is 992. The van der Waals surface area contributed by atoms with E-state index >= 15 is 0 Å². The van der Waals surface area contributed by atoms with Crippen molar-refractivity contribution < 1.29 is 32.3 Å². The molecule has 0 aliphatic carbocycles. The van der Waals surface area contributed by atoms with Crippen molar-refractivity contribution in [2.45, 2.75) is 51.0 Å². The average molecular weight is 488 g/mol. The molecule has 0 aromatic heterocycles. The van der Waals surface area contributed by atoms with Crippen LogP contribution in [0, 0.1) is 0 Å². The summed E-state index contributed by atoms with van der Waals surface area (Å²) < 4.78 is 31.7. The molecule has 1 aromatic rings. The molecule has 12 heteroatoms. The highest BCUT2D eigenvalue weighted by molar-refractivity contribution is 7.89. The smallest absolute Gasteiger partial charge is 0.308 e. The molecule has 1 heterocycles. The zero-order valence-corrected chi connectivity index (χ0v) is 19.7. The van der Waals surface area contributed by atoms with Crippen LogP contribution in [0.25, 0.3) is 0 Å². The third-order valence-electron chi connectivity index (χ3n) is 4.91. The van der Waals surface area contributed by atoms with Crippen molar-refractivity contribution in [3.8, 4) is 0 Å². The fourth-order valence-corrected chi connectivity index (χ4v) is 4.74. The van der Waals surface area contributed by atoms with E-state index in [0.29, 0.717) is 0 Å². The van der Waals surface area contributed by atoms with Crippen molar-refractivity contribution in [2.24, 2.45) is 0 Å². The monoisotopic (exact) mass is 487 g/mol. The van der Waals surface area contributed by atoms with Crippen molar-refractivity contribution in [3.05, 3.63) is 23.2 Å². The molecule has 176 valence electrons.